The molecule has 1 aliphatic heterocycles. The lowest BCUT2D eigenvalue weighted by Crippen LogP contribution is -2.46. The van der Waals surface area contributed by atoms with Crippen LogP contribution < -0.4 is 4.90 Å². The molecule has 1 aromatic rings. The summed E-state index contributed by atoms with van der Waals surface area (Å²) in [6.07, 6.45) is 4.99. The molecule has 1 aliphatic rings. The summed E-state index contributed by atoms with van der Waals surface area (Å²) in [4.78, 5) is 9.65. The largest absolute Gasteiger partial charge is 0.372 e. The van der Waals surface area contributed by atoms with Gasteiger partial charge in [-0.3, -0.25) is 0 Å². The first-order valence-electron chi connectivity index (χ1n) is 10.2. The zero-order valence-corrected chi connectivity index (χ0v) is 18.4. The number of unbranched alkanes of at least 4 members (excludes halogenated alkanes) is 2. The Kier molecular flexibility index (Phi) is 9.18. The molecular formula is C23H41N3. The van der Waals surface area contributed by atoms with Crippen LogP contribution in [0.5, 0.6) is 0 Å². The minimum atomic E-state index is 0.500. The molecule has 0 radical (unpaired) electrons. The Morgan fingerprint density at radius 3 is 2.15 bits per heavy atom. The van der Waals surface area contributed by atoms with Gasteiger partial charge in [0.2, 0.25) is 0 Å². The van der Waals surface area contributed by atoms with Gasteiger partial charge in [0.25, 0.3) is 0 Å². The van der Waals surface area contributed by atoms with Gasteiger partial charge in [-0.25, -0.2) is 4.98 Å². The third-order valence-corrected chi connectivity index (χ3v) is 4.26. The highest BCUT2D eigenvalue weighted by molar-refractivity contribution is 5.48. The Morgan fingerprint density at radius 2 is 1.65 bits per heavy atom. The second-order valence-corrected chi connectivity index (χ2v) is 9.10. The van der Waals surface area contributed by atoms with Crippen LogP contribution in [0.3, 0.4) is 0 Å². The van der Waals surface area contributed by atoms with Gasteiger partial charge in [0.05, 0.1) is 0 Å². The quantitative estimate of drug-likeness (QED) is 0.596. The van der Waals surface area contributed by atoms with Crippen molar-refractivity contribution in [3.05, 3.63) is 35.7 Å². The van der Waals surface area contributed by atoms with E-state index in [4.69, 9.17) is 4.98 Å². The first-order chi connectivity index (χ1) is 12.1. The number of aromatic nitrogens is 1. The van der Waals surface area contributed by atoms with E-state index in [-0.39, 0.29) is 0 Å². The van der Waals surface area contributed by atoms with Crippen LogP contribution in [-0.4, -0.2) is 36.1 Å². The summed E-state index contributed by atoms with van der Waals surface area (Å²) in [5, 5.41) is 0. The van der Waals surface area contributed by atoms with Crippen molar-refractivity contribution in [1.82, 2.24) is 9.88 Å². The summed E-state index contributed by atoms with van der Waals surface area (Å²) in [5.74, 6) is 1.22. The van der Waals surface area contributed by atoms with Gasteiger partial charge in [0.1, 0.15) is 5.82 Å². The van der Waals surface area contributed by atoms with E-state index in [9.17, 15) is 0 Å². The second kappa shape index (κ2) is 10.6. The molecule has 0 atom stereocenters. The van der Waals surface area contributed by atoms with Gasteiger partial charge < -0.3 is 9.80 Å². The summed E-state index contributed by atoms with van der Waals surface area (Å²) in [6.45, 7) is 23.4. The Hall–Kier alpha value is -1.51. The van der Waals surface area contributed by atoms with Gasteiger partial charge in [-0.15, -0.1) is 0 Å². The maximum Gasteiger partial charge on any atom is 0.132 e. The summed E-state index contributed by atoms with van der Waals surface area (Å²) in [7, 11) is 0. The molecule has 148 valence electrons. The van der Waals surface area contributed by atoms with Gasteiger partial charge in [-0.1, -0.05) is 60.1 Å². The third-order valence-electron chi connectivity index (χ3n) is 4.26. The van der Waals surface area contributed by atoms with Gasteiger partial charge >= 0.3 is 0 Å². The van der Waals surface area contributed by atoms with Crippen molar-refractivity contribution in [3.63, 3.8) is 0 Å². The molecular weight excluding hydrogens is 318 g/mol. The van der Waals surface area contributed by atoms with Crippen molar-refractivity contribution in [1.29, 1.82) is 0 Å². The van der Waals surface area contributed by atoms with E-state index in [1.54, 1.807) is 0 Å². The van der Waals surface area contributed by atoms with E-state index in [1.165, 1.54) is 36.3 Å². The molecule has 0 N–H and O–H groups in total. The van der Waals surface area contributed by atoms with E-state index in [2.05, 4.69) is 77.0 Å². The van der Waals surface area contributed by atoms with Crippen LogP contribution >= 0.6 is 0 Å². The molecule has 3 heteroatoms. The van der Waals surface area contributed by atoms with Crippen molar-refractivity contribution in [2.45, 2.75) is 74.1 Å². The molecule has 0 aliphatic carbocycles. The normalized spacial score (nSPS) is 14.7. The SMILES string of the molecule is C=C(C)N1CCN(c2nc(C)ccc2CCCCC)CC1.CC(C)(C)C. The Morgan fingerprint density at radius 1 is 1.08 bits per heavy atom. The summed E-state index contributed by atoms with van der Waals surface area (Å²) in [6, 6.07) is 4.42. The lowest BCUT2D eigenvalue weighted by Gasteiger charge is -2.37. The fourth-order valence-electron chi connectivity index (χ4n) is 2.91. The Balaban J connectivity index is 0.000000597. The van der Waals surface area contributed by atoms with Crippen molar-refractivity contribution < 1.29 is 0 Å². The first kappa shape index (κ1) is 22.5. The molecule has 2 heterocycles. The predicted octanol–water partition coefficient (Wildman–Crippen LogP) is 5.83. The second-order valence-electron chi connectivity index (χ2n) is 9.10. The maximum atomic E-state index is 4.83. The Bertz CT molecular complexity index is 543. The van der Waals surface area contributed by atoms with E-state index in [0.29, 0.717) is 5.41 Å². The number of anilines is 1. The smallest absolute Gasteiger partial charge is 0.132 e. The highest BCUT2D eigenvalue weighted by Gasteiger charge is 2.19. The van der Waals surface area contributed by atoms with E-state index in [0.717, 1.165) is 38.3 Å². The van der Waals surface area contributed by atoms with Crippen molar-refractivity contribution in [2.75, 3.05) is 31.1 Å². The van der Waals surface area contributed by atoms with Crippen LogP contribution in [0.2, 0.25) is 0 Å². The molecule has 1 aromatic heterocycles. The number of rotatable bonds is 6. The highest BCUT2D eigenvalue weighted by Crippen LogP contribution is 2.23. The maximum absolute atomic E-state index is 4.83. The number of nitrogens with zero attached hydrogens (tertiary/aromatic N) is 3. The number of hydrogen-bond acceptors (Lipinski definition) is 3. The molecule has 0 saturated carbocycles. The number of pyridine rings is 1. The minimum absolute atomic E-state index is 0.500. The standard InChI is InChI=1S/C18H29N3.C5H12/c1-5-6-7-8-17-10-9-16(4)19-18(17)21-13-11-20(12-14-21)15(2)3;1-5(2,3)4/h9-10H,2,5-8,11-14H2,1,3-4H3;1-4H3. The first-order valence-corrected chi connectivity index (χ1v) is 10.2. The lowest BCUT2D eigenvalue weighted by atomic mass is 10.0. The fourth-order valence-corrected chi connectivity index (χ4v) is 2.91. The third kappa shape index (κ3) is 8.73. The zero-order valence-electron chi connectivity index (χ0n) is 18.4. The predicted molar refractivity (Wildman–Crippen MR) is 116 cm³/mol. The van der Waals surface area contributed by atoms with Crippen molar-refractivity contribution in [2.24, 2.45) is 5.41 Å². The molecule has 26 heavy (non-hydrogen) atoms. The number of piperazine rings is 1. The van der Waals surface area contributed by atoms with Crippen LogP contribution in [0.15, 0.2) is 24.4 Å². The van der Waals surface area contributed by atoms with Crippen LogP contribution in [0, 0.1) is 12.3 Å². The molecule has 0 spiro atoms. The average Bonchev–Trinajstić information content (AvgIpc) is 2.55. The van der Waals surface area contributed by atoms with E-state index in [1.807, 2.05) is 0 Å². The number of aryl methyl sites for hydroxylation is 2. The van der Waals surface area contributed by atoms with Crippen LogP contribution in [0.1, 0.15) is 72.1 Å². The monoisotopic (exact) mass is 359 g/mol. The minimum Gasteiger partial charge on any atom is -0.372 e. The molecule has 0 amide bonds. The van der Waals surface area contributed by atoms with Crippen LogP contribution in [0.25, 0.3) is 0 Å². The number of hydrogen-bond donors (Lipinski definition) is 0. The van der Waals surface area contributed by atoms with Crippen molar-refractivity contribution in [3.8, 4) is 0 Å². The molecule has 0 unspecified atom stereocenters. The topological polar surface area (TPSA) is 19.4 Å². The number of allylic oxidation sites excluding steroid dienone is 1. The molecule has 1 saturated heterocycles. The molecule has 0 bridgehead atoms. The van der Waals surface area contributed by atoms with Crippen LogP contribution in [0.4, 0.5) is 5.82 Å². The average molecular weight is 360 g/mol. The Labute approximate surface area is 162 Å². The van der Waals surface area contributed by atoms with Crippen LogP contribution in [-0.2, 0) is 6.42 Å². The van der Waals surface area contributed by atoms with Gasteiger partial charge in [0, 0.05) is 37.6 Å². The lowest BCUT2D eigenvalue weighted by molar-refractivity contribution is 0.322. The fraction of sp³-hybridized carbons (Fsp3) is 0.696. The van der Waals surface area contributed by atoms with Crippen molar-refractivity contribution >= 4 is 5.82 Å². The van der Waals surface area contributed by atoms with Gasteiger partial charge in [-0.05, 0) is 43.7 Å². The zero-order chi connectivity index (χ0) is 19.7. The highest BCUT2D eigenvalue weighted by atomic mass is 15.3. The summed E-state index contributed by atoms with van der Waals surface area (Å²) < 4.78 is 0. The van der Waals surface area contributed by atoms with E-state index >= 15 is 0 Å². The summed E-state index contributed by atoms with van der Waals surface area (Å²) in [5.41, 5.74) is 4.21. The summed E-state index contributed by atoms with van der Waals surface area (Å²) >= 11 is 0. The molecule has 2 rings (SSSR count). The van der Waals surface area contributed by atoms with E-state index < -0.39 is 0 Å². The van der Waals surface area contributed by atoms with Gasteiger partial charge in [0.15, 0.2) is 0 Å². The molecule has 1 fully saturated rings. The molecule has 0 aromatic carbocycles. The molecule has 3 nitrogen and oxygen atoms in total. The van der Waals surface area contributed by atoms with Gasteiger partial charge in [-0.2, -0.15) is 0 Å².